The van der Waals surface area contributed by atoms with E-state index in [1.165, 1.54) is 45.2 Å². The van der Waals surface area contributed by atoms with Crippen LogP contribution in [0.2, 0.25) is 0 Å². The van der Waals surface area contributed by atoms with Crippen molar-refractivity contribution in [3.05, 3.63) is 75.6 Å². The van der Waals surface area contributed by atoms with Gasteiger partial charge >= 0.3 is 0 Å². The Labute approximate surface area is 146 Å². The molecule has 5 rings (SSSR count). The number of rotatable bonds is 3. The van der Waals surface area contributed by atoms with Crippen molar-refractivity contribution in [2.45, 2.75) is 25.3 Å². The summed E-state index contributed by atoms with van der Waals surface area (Å²) in [7, 11) is 0. The van der Waals surface area contributed by atoms with E-state index in [4.69, 9.17) is 4.98 Å². The van der Waals surface area contributed by atoms with E-state index in [9.17, 15) is 0 Å². The highest BCUT2D eigenvalue weighted by atomic mass is 32.1. The van der Waals surface area contributed by atoms with E-state index in [1.807, 2.05) is 11.3 Å². The van der Waals surface area contributed by atoms with Crippen molar-refractivity contribution in [2.75, 3.05) is 13.1 Å². The summed E-state index contributed by atoms with van der Waals surface area (Å²) >= 11 is 1.95. The number of thiazole rings is 1. The number of hydrogen-bond acceptors (Lipinski definition) is 3. The fourth-order valence-corrected chi connectivity index (χ4v) is 5.20. The number of benzene rings is 2. The molecule has 2 aromatic carbocycles. The van der Waals surface area contributed by atoms with E-state index in [0.29, 0.717) is 5.92 Å². The summed E-state index contributed by atoms with van der Waals surface area (Å²) in [6.07, 6.45) is 2.31. The summed E-state index contributed by atoms with van der Waals surface area (Å²) < 4.78 is 0. The Morgan fingerprint density at radius 3 is 2.79 bits per heavy atom. The second-order valence-corrected chi connectivity index (χ2v) is 7.98. The molecule has 0 radical (unpaired) electrons. The van der Waals surface area contributed by atoms with Gasteiger partial charge in [0, 0.05) is 35.9 Å². The van der Waals surface area contributed by atoms with E-state index in [-0.39, 0.29) is 0 Å². The van der Waals surface area contributed by atoms with Crippen LogP contribution in [-0.4, -0.2) is 23.0 Å². The number of hydrogen-bond donors (Lipinski definition) is 0. The van der Waals surface area contributed by atoms with E-state index >= 15 is 0 Å². The number of fused-ring (bicyclic) bond motifs is 3. The molecular formula is C21H20N2S. The maximum atomic E-state index is 5.05. The molecule has 2 heterocycles. The third kappa shape index (κ3) is 2.48. The fourth-order valence-electron chi connectivity index (χ4n) is 3.97. The van der Waals surface area contributed by atoms with Crippen LogP contribution in [0.15, 0.2) is 54.6 Å². The molecular weight excluding hydrogens is 312 g/mol. The molecule has 120 valence electrons. The standard InChI is InChI=1S/C21H20N2S/c1-2-6-15(7-3-1)13-23-11-10-17(14-23)21-22-20-18-9-5-4-8-16(18)12-19(20)24-21/h1-9,17H,10-14H2. The fraction of sp³-hybridized carbons (Fsp3) is 0.286. The number of aromatic nitrogens is 1. The lowest BCUT2D eigenvalue weighted by molar-refractivity contribution is 0.327. The summed E-state index contributed by atoms with van der Waals surface area (Å²) in [6.45, 7) is 3.38. The van der Waals surface area contributed by atoms with Crippen LogP contribution in [-0.2, 0) is 13.0 Å². The van der Waals surface area contributed by atoms with E-state index in [2.05, 4.69) is 59.5 Å². The van der Waals surface area contributed by atoms with Gasteiger partial charge in [0.15, 0.2) is 0 Å². The van der Waals surface area contributed by atoms with Crippen molar-refractivity contribution in [3.63, 3.8) is 0 Å². The molecule has 0 N–H and O–H groups in total. The van der Waals surface area contributed by atoms with Crippen LogP contribution in [0.4, 0.5) is 0 Å². The van der Waals surface area contributed by atoms with Gasteiger partial charge in [-0.15, -0.1) is 11.3 Å². The summed E-state index contributed by atoms with van der Waals surface area (Å²) in [6, 6.07) is 19.5. The molecule has 3 heteroatoms. The van der Waals surface area contributed by atoms with Gasteiger partial charge in [-0.3, -0.25) is 4.90 Å². The lowest BCUT2D eigenvalue weighted by atomic mass is 10.1. The molecule has 3 aromatic rings. The Bertz CT molecular complexity index is 869. The zero-order valence-corrected chi connectivity index (χ0v) is 14.4. The average molecular weight is 332 g/mol. The minimum Gasteiger partial charge on any atom is -0.298 e. The lowest BCUT2D eigenvalue weighted by Crippen LogP contribution is -2.19. The molecule has 2 aliphatic rings. The molecule has 1 aliphatic heterocycles. The largest absolute Gasteiger partial charge is 0.298 e. The molecule has 0 saturated carbocycles. The highest BCUT2D eigenvalue weighted by molar-refractivity contribution is 7.12. The Kier molecular flexibility index (Phi) is 3.50. The Hall–Kier alpha value is -1.97. The second-order valence-electron chi connectivity index (χ2n) is 6.86. The van der Waals surface area contributed by atoms with Crippen LogP contribution >= 0.6 is 11.3 Å². The minimum atomic E-state index is 0.608. The molecule has 1 atom stereocenters. The van der Waals surface area contributed by atoms with Crippen LogP contribution in [0, 0.1) is 0 Å². The van der Waals surface area contributed by atoms with Crippen molar-refractivity contribution >= 4 is 11.3 Å². The third-order valence-electron chi connectivity index (χ3n) is 5.21. The summed E-state index contributed by atoms with van der Waals surface area (Å²) in [5.74, 6) is 0.608. The van der Waals surface area contributed by atoms with Gasteiger partial charge in [-0.2, -0.15) is 0 Å². The first-order valence-corrected chi connectivity index (χ1v) is 9.52. The molecule has 1 aromatic heterocycles. The Balaban J connectivity index is 1.33. The molecule has 2 nitrogen and oxygen atoms in total. The zero-order valence-electron chi connectivity index (χ0n) is 13.6. The van der Waals surface area contributed by atoms with E-state index in [1.54, 1.807) is 0 Å². The van der Waals surface area contributed by atoms with Gasteiger partial charge in [-0.25, -0.2) is 4.98 Å². The van der Waals surface area contributed by atoms with E-state index in [0.717, 1.165) is 19.5 Å². The topological polar surface area (TPSA) is 16.1 Å². The second kappa shape index (κ2) is 5.83. The Morgan fingerprint density at radius 2 is 1.88 bits per heavy atom. The maximum absolute atomic E-state index is 5.05. The van der Waals surface area contributed by atoms with Crippen LogP contribution < -0.4 is 0 Å². The van der Waals surface area contributed by atoms with Gasteiger partial charge in [-0.1, -0.05) is 54.6 Å². The first-order chi connectivity index (χ1) is 11.9. The van der Waals surface area contributed by atoms with Crippen molar-refractivity contribution in [3.8, 4) is 11.3 Å². The normalized spacial score (nSPS) is 19.4. The van der Waals surface area contributed by atoms with Crippen molar-refractivity contribution in [1.29, 1.82) is 0 Å². The van der Waals surface area contributed by atoms with Crippen LogP contribution in [0.5, 0.6) is 0 Å². The van der Waals surface area contributed by atoms with Crippen LogP contribution in [0.25, 0.3) is 11.3 Å². The van der Waals surface area contributed by atoms with Gasteiger partial charge in [0.2, 0.25) is 0 Å². The highest BCUT2D eigenvalue weighted by Gasteiger charge is 2.30. The summed E-state index contributed by atoms with van der Waals surface area (Å²) in [4.78, 5) is 9.08. The quantitative estimate of drug-likeness (QED) is 0.540. The van der Waals surface area contributed by atoms with Crippen molar-refractivity contribution in [2.24, 2.45) is 0 Å². The number of nitrogens with zero attached hydrogens (tertiary/aromatic N) is 2. The Morgan fingerprint density at radius 1 is 1.04 bits per heavy atom. The molecule has 1 fully saturated rings. The van der Waals surface area contributed by atoms with Gasteiger partial charge in [0.1, 0.15) is 0 Å². The molecule has 1 saturated heterocycles. The summed E-state index contributed by atoms with van der Waals surface area (Å²) in [5, 5.41) is 1.35. The molecule has 1 unspecified atom stereocenters. The first kappa shape index (κ1) is 14.4. The maximum Gasteiger partial charge on any atom is 0.0979 e. The minimum absolute atomic E-state index is 0.608. The van der Waals surface area contributed by atoms with Gasteiger partial charge < -0.3 is 0 Å². The van der Waals surface area contributed by atoms with Gasteiger partial charge in [0.25, 0.3) is 0 Å². The molecule has 0 spiro atoms. The lowest BCUT2D eigenvalue weighted by Gasteiger charge is -2.15. The van der Waals surface area contributed by atoms with E-state index < -0.39 is 0 Å². The predicted molar refractivity (Wildman–Crippen MR) is 99.4 cm³/mol. The van der Waals surface area contributed by atoms with Gasteiger partial charge in [0.05, 0.1) is 10.7 Å². The molecule has 1 aliphatic carbocycles. The zero-order chi connectivity index (χ0) is 15.9. The highest BCUT2D eigenvalue weighted by Crippen LogP contribution is 2.42. The van der Waals surface area contributed by atoms with Crippen LogP contribution in [0.3, 0.4) is 0 Å². The van der Waals surface area contributed by atoms with Crippen molar-refractivity contribution < 1.29 is 0 Å². The first-order valence-electron chi connectivity index (χ1n) is 8.71. The smallest absolute Gasteiger partial charge is 0.0979 e. The van der Waals surface area contributed by atoms with Gasteiger partial charge in [-0.05, 0) is 24.1 Å². The van der Waals surface area contributed by atoms with Crippen molar-refractivity contribution in [1.82, 2.24) is 9.88 Å². The third-order valence-corrected chi connectivity index (χ3v) is 6.43. The molecule has 24 heavy (non-hydrogen) atoms. The molecule has 0 bridgehead atoms. The number of likely N-dealkylation sites (tertiary alicyclic amines) is 1. The average Bonchev–Trinajstić information content (AvgIpc) is 3.29. The van der Waals surface area contributed by atoms with Crippen LogP contribution in [0.1, 0.15) is 33.4 Å². The molecule has 0 amide bonds. The monoisotopic (exact) mass is 332 g/mol. The summed E-state index contributed by atoms with van der Waals surface area (Å²) in [5.41, 5.74) is 5.46. The SMILES string of the molecule is c1ccc(CN2CCC(c3nc4c(s3)Cc3ccccc3-4)C2)cc1. The predicted octanol–water partition coefficient (Wildman–Crippen LogP) is 4.70.